The van der Waals surface area contributed by atoms with Crippen molar-refractivity contribution in [3.05, 3.63) is 59.0 Å². The standard InChI is InChI=1S/C22H19N3O6/c1-12-16(13(2)31-24-12)9-25-17-8-15(4-6-18(17)28-10-21(25)26)23-22(27)14-3-5-19-20(7-14)30-11-29-19/h3-8H,9-11H2,1-2H3,(H,23,27). The largest absolute Gasteiger partial charge is 0.482 e. The van der Waals surface area contributed by atoms with Gasteiger partial charge in [-0.05, 0) is 50.2 Å². The van der Waals surface area contributed by atoms with Gasteiger partial charge in [0.15, 0.2) is 18.1 Å². The number of nitrogens with one attached hydrogen (secondary N) is 1. The lowest BCUT2D eigenvalue weighted by Crippen LogP contribution is -2.38. The highest BCUT2D eigenvalue weighted by molar-refractivity contribution is 6.05. The van der Waals surface area contributed by atoms with Crippen LogP contribution in [0.5, 0.6) is 17.2 Å². The van der Waals surface area contributed by atoms with Gasteiger partial charge in [-0.15, -0.1) is 0 Å². The number of amides is 2. The van der Waals surface area contributed by atoms with Crippen LogP contribution < -0.4 is 24.4 Å². The summed E-state index contributed by atoms with van der Waals surface area (Å²) in [5, 5.41) is 6.81. The molecule has 0 unspecified atom stereocenters. The number of anilines is 2. The molecule has 2 aliphatic rings. The minimum Gasteiger partial charge on any atom is -0.482 e. The molecule has 0 fully saturated rings. The summed E-state index contributed by atoms with van der Waals surface area (Å²) in [4.78, 5) is 27.0. The number of benzene rings is 2. The van der Waals surface area contributed by atoms with Gasteiger partial charge in [0.1, 0.15) is 11.5 Å². The topological polar surface area (TPSA) is 103 Å². The van der Waals surface area contributed by atoms with Crippen LogP contribution in [-0.2, 0) is 11.3 Å². The maximum atomic E-state index is 12.7. The van der Waals surface area contributed by atoms with Crippen molar-refractivity contribution in [1.29, 1.82) is 0 Å². The third kappa shape index (κ3) is 3.43. The molecule has 9 heteroatoms. The van der Waals surface area contributed by atoms with Gasteiger partial charge in [-0.25, -0.2) is 0 Å². The van der Waals surface area contributed by atoms with Gasteiger partial charge in [-0.3, -0.25) is 9.59 Å². The van der Waals surface area contributed by atoms with E-state index in [-0.39, 0.29) is 25.2 Å². The molecule has 9 nitrogen and oxygen atoms in total. The van der Waals surface area contributed by atoms with Crippen LogP contribution in [0.25, 0.3) is 0 Å². The van der Waals surface area contributed by atoms with Crippen molar-refractivity contribution < 1.29 is 28.3 Å². The third-order valence-electron chi connectivity index (χ3n) is 5.29. The van der Waals surface area contributed by atoms with Gasteiger partial charge >= 0.3 is 0 Å². The van der Waals surface area contributed by atoms with Gasteiger partial charge < -0.3 is 29.0 Å². The molecule has 5 rings (SSSR count). The molecular weight excluding hydrogens is 402 g/mol. The predicted octanol–water partition coefficient (Wildman–Crippen LogP) is 3.20. The fourth-order valence-electron chi connectivity index (χ4n) is 3.58. The molecule has 0 saturated heterocycles. The minimum absolute atomic E-state index is 0.0563. The molecule has 3 heterocycles. The smallest absolute Gasteiger partial charge is 0.265 e. The molecule has 1 N–H and O–H groups in total. The number of hydrogen-bond acceptors (Lipinski definition) is 7. The first-order valence-corrected chi connectivity index (χ1v) is 9.69. The molecule has 2 aliphatic heterocycles. The highest BCUT2D eigenvalue weighted by Gasteiger charge is 2.28. The summed E-state index contributed by atoms with van der Waals surface area (Å²) in [5.41, 5.74) is 3.10. The van der Waals surface area contributed by atoms with Crippen molar-refractivity contribution in [2.75, 3.05) is 23.6 Å². The van der Waals surface area contributed by atoms with Gasteiger partial charge in [0.25, 0.3) is 11.8 Å². The normalized spacial score (nSPS) is 14.3. The minimum atomic E-state index is -0.307. The zero-order valence-electron chi connectivity index (χ0n) is 16.9. The zero-order valence-corrected chi connectivity index (χ0v) is 16.9. The predicted molar refractivity (Wildman–Crippen MR) is 110 cm³/mol. The summed E-state index contributed by atoms with van der Waals surface area (Å²) in [5.74, 6) is 1.86. The lowest BCUT2D eigenvalue weighted by Gasteiger charge is -2.29. The van der Waals surface area contributed by atoms with Crippen LogP contribution in [0, 0.1) is 13.8 Å². The number of rotatable bonds is 4. The quantitative estimate of drug-likeness (QED) is 0.690. The second-order valence-corrected chi connectivity index (χ2v) is 7.28. The van der Waals surface area contributed by atoms with Gasteiger partial charge in [0.2, 0.25) is 6.79 Å². The van der Waals surface area contributed by atoms with Crippen LogP contribution >= 0.6 is 0 Å². The van der Waals surface area contributed by atoms with Crippen molar-refractivity contribution in [2.24, 2.45) is 0 Å². The van der Waals surface area contributed by atoms with Gasteiger partial charge in [0.05, 0.1) is 17.9 Å². The van der Waals surface area contributed by atoms with E-state index in [2.05, 4.69) is 10.5 Å². The summed E-state index contributed by atoms with van der Waals surface area (Å²) in [6.07, 6.45) is 0. The molecule has 0 saturated carbocycles. The number of nitrogens with zero attached hydrogens (tertiary/aromatic N) is 2. The Morgan fingerprint density at radius 2 is 1.87 bits per heavy atom. The maximum absolute atomic E-state index is 12.7. The Bertz CT molecular complexity index is 1180. The van der Waals surface area contributed by atoms with E-state index in [1.807, 2.05) is 13.8 Å². The Labute approximate surface area is 177 Å². The summed E-state index contributed by atoms with van der Waals surface area (Å²) in [6.45, 7) is 4.03. The summed E-state index contributed by atoms with van der Waals surface area (Å²) in [7, 11) is 0. The van der Waals surface area contributed by atoms with Crippen LogP contribution in [0.3, 0.4) is 0 Å². The molecule has 0 bridgehead atoms. The molecule has 0 radical (unpaired) electrons. The molecule has 2 amide bonds. The molecule has 0 atom stereocenters. The van der Waals surface area contributed by atoms with Gasteiger partial charge in [-0.1, -0.05) is 5.16 Å². The van der Waals surface area contributed by atoms with Crippen LogP contribution in [-0.4, -0.2) is 30.4 Å². The number of fused-ring (bicyclic) bond motifs is 2. The molecular formula is C22H19N3O6. The Hall–Kier alpha value is -4.01. The number of aryl methyl sites for hydroxylation is 2. The van der Waals surface area contributed by atoms with Crippen molar-refractivity contribution in [3.63, 3.8) is 0 Å². The maximum Gasteiger partial charge on any atom is 0.265 e. The number of hydrogen-bond donors (Lipinski definition) is 1. The van der Waals surface area contributed by atoms with E-state index < -0.39 is 0 Å². The second-order valence-electron chi connectivity index (χ2n) is 7.28. The Morgan fingerprint density at radius 3 is 2.68 bits per heavy atom. The first-order chi connectivity index (χ1) is 15.0. The van der Waals surface area contributed by atoms with E-state index in [9.17, 15) is 9.59 Å². The number of carbonyl (C=O) groups is 2. The fourth-order valence-corrected chi connectivity index (χ4v) is 3.58. The Balaban J connectivity index is 1.41. The molecule has 3 aromatic rings. The second kappa shape index (κ2) is 7.35. The van der Waals surface area contributed by atoms with E-state index in [0.29, 0.717) is 46.5 Å². The molecule has 0 spiro atoms. The van der Waals surface area contributed by atoms with Gasteiger partial charge in [-0.2, -0.15) is 0 Å². The van der Waals surface area contributed by atoms with E-state index in [1.54, 1.807) is 41.3 Å². The molecule has 0 aliphatic carbocycles. The monoisotopic (exact) mass is 421 g/mol. The number of carbonyl (C=O) groups excluding carboxylic acids is 2. The first kappa shape index (κ1) is 19.0. The van der Waals surface area contributed by atoms with Crippen molar-refractivity contribution in [1.82, 2.24) is 5.16 Å². The average molecular weight is 421 g/mol. The van der Waals surface area contributed by atoms with E-state index in [0.717, 1.165) is 11.3 Å². The van der Waals surface area contributed by atoms with Crippen LogP contribution in [0.4, 0.5) is 11.4 Å². The van der Waals surface area contributed by atoms with E-state index >= 15 is 0 Å². The molecule has 31 heavy (non-hydrogen) atoms. The SMILES string of the molecule is Cc1noc(C)c1CN1C(=O)COc2ccc(NC(=O)c3ccc4c(c3)OCO4)cc21. The van der Waals surface area contributed by atoms with Crippen molar-refractivity contribution in [3.8, 4) is 17.2 Å². The Kier molecular flexibility index (Phi) is 4.50. The van der Waals surface area contributed by atoms with Crippen LogP contribution in [0.1, 0.15) is 27.4 Å². The Morgan fingerprint density at radius 1 is 1.06 bits per heavy atom. The number of ether oxygens (including phenoxy) is 3. The lowest BCUT2D eigenvalue weighted by atomic mass is 10.1. The first-order valence-electron chi connectivity index (χ1n) is 9.69. The third-order valence-corrected chi connectivity index (χ3v) is 5.29. The van der Waals surface area contributed by atoms with Crippen LogP contribution in [0.15, 0.2) is 40.9 Å². The number of aromatic nitrogens is 1. The summed E-state index contributed by atoms with van der Waals surface area (Å²) >= 11 is 0. The van der Waals surface area contributed by atoms with E-state index in [1.165, 1.54) is 0 Å². The van der Waals surface area contributed by atoms with Crippen molar-refractivity contribution >= 4 is 23.2 Å². The van der Waals surface area contributed by atoms with Crippen molar-refractivity contribution in [2.45, 2.75) is 20.4 Å². The molecule has 2 aromatic carbocycles. The lowest BCUT2D eigenvalue weighted by molar-refractivity contribution is -0.121. The zero-order chi connectivity index (χ0) is 21.5. The molecule has 158 valence electrons. The summed E-state index contributed by atoms with van der Waals surface area (Å²) < 4.78 is 21.4. The average Bonchev–Trinajstić information content (AvgIpc) is 3.36. The highest BCUT2D eigenvalue weighted by atomic mass is 16.7. The summed E-state index contributed by atoms with van der Waals surface area (Å²) in [6, 6.07) is 10.2. The van der Waals surface area contributed by atoms with E-state index in [4.69, 9.17) is 18.7 Å². The fraction of sp³-hybridized carbons (Fsp3) is 0.227. The van der Waals surface area contributed by atoms with Crippen LogP contribution in [0.2, 0.25) is 0 Å². The van der Waals surface area contributed by atoms with Gasteiger partial charge in [0, 0.05) is 16.8 Å². The molecule has 1 aromatic heterocycles. The highest BCUT2D eigenvalue weighted by Crippen LogP contribution is 2.37.